The molecule has 2 aliphatic rings. The Morgan fingerprint density at radius 2 is 2.53 bits per heavy atom. The highest BCUT2D eigenvalue weighted by molar-refractivity contribution is 5.77. The van der Waals surface area contributed by atoms with Crippen molar-refractivity contribution in [2.75, 3.05) is 18.5 Å². The molecule has 0 spiro atoms. The molecule has 1 aliphatic heterocycles. The summed E-state index contributed by atoms with van der Waals surface area (Å²) in [6.45, 7) is 3.28. The van der Waals surface area contributed by atoms with Crippen LogP contribution in [0.3, 0.4) is 0 Å². The van der Waals surface area contributed by atoms with Crippen molar-refractivity contribution in [1.82, 2.24) is 4.98 Å². The van der Waals surface area contributed by atoms with Crippen LogP contribution in [0.5, 0.6) is 0 Å². The predicted molar refractivity (Wildman–Crippen MR) is 63.9 cm³/mol. The molecule has 2 heterocycles. The number of aromatic nitrogens is 1. The van der Waals surface area contributed by atoms with Crippen LogP contribution in [0.2, 0.25) is 0 Å². The van der Waals surface area contributed by atoms with E-state index in [1.165, 1.54) is 11.1 Å². The summed E-state index contributed by atoms with van der Waals surface area (Å²) >= 11 is 0. The number of ether oxygens (including phenoxy) is 1. The van der Waals surface area contributed by atoms with E-state index in [2.05, 4.69) is 16.4 Å². The highest BCUT2D eigenvalue weighted by atomic mass is 16.5. The maximum absolute atomic E-state index is 11.6. The van der Waals surface area contributed by atoms with E-state index in [0.717, 1.165) is 25.2 Å². The van der Waals surface area contributed by atoms with Gasteiger partial charge in [-0.3, -0.25) is 4.79 Å². The third-order valence-corrected chi connectivity index (χ3v) is 3.48. The standard InChI is InChI=1S/C13H16N2O2/c1-2-17-13(16)11-6-10(11)9-5-8-3-4-14-12(8)15-7-9/h5,7,10-11H,2-4,6H2,1H3,(H,14,15). The Hall–Kier alpha value is -1.58. The average molecular weight is 232 g/mol. The number of hydrogen-bond acceptors (Lipinski definition) is 4. The highest BCUT2D eigenvalue weighted by Crippen LogP contribution is 2.48. The topological polar surface area (TPSA) is 51.2 Å². The summed E-state index contributed by atoms with van der Waals surface area (Å²) < 4.78 is 5.04. The Labute approximate surface area is 100 Å². The van der Waals surface area contributed by atoms with Crippen LogP contribution < -0.4 is 5.32 Å². The zero-order valence-electron chi connectivity index (χ0n) is 9.90. The molecule has 1 aromatic rings. The summed E-state index contributed by atoms with van der Waals surface area (Å²) in [7, 11) is 0. The SMILES string of the molecule is CCOC(=O)C1CC1c1cnc2c(c1)CCN2. The van der Waals surface area contributed by atoms with Gasteiger partial charge in [-0.25, -0.2) is 4.98 Å². The molecule has 1 aromatic heterocycles. The molecule has 17 heavy (non-hydrogen) atoms. The number of pyridine rings is 1. The second kappa shape index (κ2) is 4.02. The molecule has 1 saturated carbocycles. The van der Waals surface area contributed by atoms with Gasteiger partial charge < -0.3 is 10.1 Å². The molecule has 1 aliphatic carbocycles. The lowest BCUT2D eigenvalue weighted by atomic mass is 10.1. The Bertz CT molecular complexity index is 459. The summed E-state index contributed by atoms with van der Waals surface area (Å²) in [4.78, 5) is 16.0. The van der Waals surface area contributed by atoms with Crippen molar-refractivity contribution in [3.05, 3.63) is 23.4 Å². The van der Waals surface area contributed by atoms with E-state index in [0.29, 0.717) is 12.5 Å². The highest BCUT2D eigenvalue weighted by Gasteiger charge is 2.45. The fourth-order valence-electron chi connectivity index (χ4n) is 2.47. The van der Waals surface area contributed by atoms with Gasteiger partial charge in [0.1, 0.15) is 5.82 Å². The van der Waals surface area contributed by atoms with Crippen LogP contribution in [0.1, 0.15) is 30.4 Å². The minimum atomic E-state index is -0.0591. The minimum Gasteiger partial charge on any atom is -0.466 e. The summed E-state index contributed by atoms with van der Waals surface area (Å²) in [6.07, 6.45) is 3.83. The third-order valence-electron chi connectivity index (χ3n) is 3.48. The summed E-state index contributed by atoms with van der Waals surface area (Å²) in [5, 5.41) is 3.24. The minimum absolute atomic E-state index is 0.0591. The number of rotatable bonds is 3. The number of fused-ring (bicyclic) bond motifs is 1. The molecule has 4 nitrogen and oxygen atoms in total. The number of nitrogens with one attached hydrogen (secondary N) is 1. The van der Waals surface area contributed by atoms with Gasteiger partial charge >= 0.3 is 5.97 Å². The van der Waals surface area contributed by atoms with Gasteiger partial charge in [0.05, 0.1) is 12.5 Å². The monoisotopic (exact) mass is 232 g/mol. The van der Waals surface area contributed by atoms with Crippen molar-refractivity contribution in [2.45, 2.75) is 25.7 Å². The van der Waals surface area contributed by atoms with Crippen molar-refractivity contribution >= 4 is 11.8 Å². The summed E-state index contributed by atoms with van der Waals surface area (Å²) in [5.74, 6) is 1.33. The van der Waals surface area contributed by atoms with Crippen LogP contribution in [0.4, 0.5) is 5.82 Å². The molecule has 0 bridgehead atoms. The molecular formula is C13H16N2O2. The largest absolute Gasteiger partial charge is 0.466 e. The van der Waals surface area contributed by atoms with Gasteiger partial charge in [0.25, 0.3) is 0 Å². The maximum atomic E-state index is 11.6. The van der Waals surface area contributed by atoms with Gasteiger partial charge in [-0.1, -0.05) is 6.07 Å². The van der Waals surface area contributed by atoms with E-state index in [9.17, 15) is 4.79 Å². The molecule has 1 N–H and O–H groups in total. The zero-order chi connectivity index (χ0) is 11.8. The lowest BCUT2D eigenvalue weighted by molar-refractivity contribution is -0.144. The molecule has 0 saturated heterocycles. The molecule has 3 rings (SSSR count). The van der Waals surface area contributed by atoms with Crippen LogP contribution in [-0.2, 0) is 16.0 Å². The molecule has 0 amide bonds. The molecule has 4 heteroatoms. The molecule has 90 valence electrons. The molecule has 2 atom stereocenters. The van der Waals surface area contributed by atoms with Crippen molar-refractivity contribution in [1.29, 1.82) is 0 Å². The number of hydrogen-bond donors (Lipinski definition) is 1. The Kier molecular flexibility index (Phi) is 2.50. The zero-order valence-corrected chi connectivity index (χ0v) is 9.90. The normalized spacial score (nSPS) is 25.0. The third kappa shape index (κ3) is 1.88. The molecule has 1 fully saturated rings. The van der Waals surface area contributed by atoms with E-state index in [-0.39, 0.29) is 11.9 Å². The first-order valence-electron chi connectivity index (χ1n) is 6.19. The van der Waals surface area contributed by atoms with E-state index < -0.39 is 0 Å². The Morgan fingerprint density at radius 3 is 3.35 bits per heavy atom. The van der Waals surface area contributed by atoms with Crippen molar-refractivity contribution < 1.29 is 9.53 Å². The van der Waals surface area contributed by atoms with Gasteiger partial charge in [-0.15, -0.1) is 0 Å². The summed E-state index contributed by atoms with van der Waals surface area (Å²) in [5.41, 5.74) is 2.46. The van der Waals surface area contributed by atoms with E-state index >= 15 is 0 Å². The van der Waals surface area contributed by atoms with Crippen LogP contribution >= 0.6 is 0 Å². The lowest BCUT2D eigenvalue weighted by Crippen LogP contribution is -2.07. The van der Waals surface area contributed by atoms with Gasteiger partial charge in [-0.05, 0) is 36.8 Å². The fraction of sp³-hybridized carbons (Fsp3) is 0.538. The molecule has 0 radical (unpaired) electrons. The number of nitrogens with zero attached hydrogens (tertiary/aromatic N) is 1. The van der Waals surface area contributed by atoms with Gasteiger partial charge in [-0.2, -0.15) is 0 Å². The van der Waals surface area contributed by atoms with Crippen LogP contribution in [0.15, 0.2) is 12.3 Å². The summed E-state index contributed by atoms with van der Waals surface area (Å²) in [6, 6.07) is 2.19. The van der Waals surface area contributed by atoms with Crippen molar-refractivity contribution in [2.24, 2.45) is 5.92 Å². The van der Waals surface area contributed by atoms with Crippen LogP contribution in [0, 0.1) is 5.92 Å². The number of anilines is 1. The Balaban J connectivity index is 1.73. The first-order chi connectivity index (χ1) is 8.29. The second-order valence-corrected chi connectivity index (χ2v) is 4.65. The van der Waals surface area contributed by atoms with Gasteiger partial charge in [0.2, 0.25) is 0 Å². The first-order valence-corrected chi connectivity index (χ1v) is 6.19. The predicted octanol–water partition coefficient (Wildman–Crippen LogP) is 1.72. The van der Waals surface area contributed by atoms with Crippen molar-refractivity contribution in [3.8, 4) is 0 Å². The number of esters is 1. The van der Waals surface area contributed by atoms with Gasteiger partial charge in [0, 0.05) is 12.7 Å². The second-order valence-electron chi connectivity index (χ2n) is 4.65. The molecule has 2 unspecified atom stereocenters. The maximum Gasteiger partial charge on any atom is 0.309 e. The average Bonchev–Trinajstić information content (AvgIpc) is 3.00. The Morgan fingerprint density at radius 1 is 1.65 bits per heavy atom. The first kappa shape index (κ1) is 10.6. The number of carbonyl (C=O) groups is 1. The quantitative estimate of drug-likeness (QED) is 0.806. The van der Waals surface area contributed by atoms with Crippen molar-refractivity contribution in [3.63, 3.8) is 0 Å². The molecule has 0 aromatic carbocycles. The number of carbonyl (C=O) groups excluding carboxylic acids is 1. The van der Waals surface area contributed by atoms with Crippen LogP contribution in [0.25, 0.3) is 0 Å². The van der Waals surface area contributed by atoms with Gasteiger partial charge in [0.15, 0.2) is 0 Å². The van der Waals surface area contributed by atoms with E-state index in [4.69, 9.17) is 4.74 Å². The molecular weight excluding hydrogens is 216 g/mol. The fourth-order valence-corrected chi connectivity index (χ4v) is 2.47. The smallest absolute Gasteiger partial charge is 0.309 e. The lowest BCUT2D eigenvalue weighted by Gasteiger charge is -2.03. The van der Waals surface area contributed by atoms with E-state index in [1.54, 1.807) is 0 Å². The van der Waals surface area contributed by atoms with Crippen LogP contribution in [-0.4, -0.2) is 24.1 Å². The van der Waals surface area contributed by atoms with E-state index in [1.807, 2.05) is 13.1 Å².